The Morgan fingerprint density at radius 3 is 2.52 bits per heavy atom. The molecule has 5 nitrogen and oxygen atoms in total. The first-order chi connectivity index (χ1) is 12.0. The molecule has 0 aliphatic heterocycles. The molecule has 0 spiro atoms. The Balaban J connectivity index is 1.85. The third kappa shape index (κ3) is 5.50. The van der Waals surface area contributed by atoms with E-state index in [9.17, 15) is 4.79 Å². The van der Waals surface area contributed by atoms with Gasteiger partial charge in [-0.05, 0) is 54.3 Å². The van der Waals surface area contributed by atoms with Gasteiger partial charge in [0.05, 0.1) is 19.8 Å². The van der Waals surface area contributed by atoms with Gasteiger partial charge in [-0.15, -0.1) is 0 Å². The Morgan fingerprint density at radius 1 is 1.08 bits per heavy atom. The van der Waals surface area contributed by atoms with Crippen molar-refractivity contribution in [3.63, 3.8) is 0 Å². The number of rotatable bonds is 9. The van der Waals surface area contributed by atoms with Crippen molar-refractivity contribution in [2.75, 3.05) is 20.8 Å². The lowest BCUT2D eigenvalue weighted by Gasteiger charge is -2.15. The molecular weight excluding hydrogens is 318 g/mol. The van der Waals surface area contributed by atoms with E-state index in [4.69, 9.17) is 14.6 Å². The van der Waals surface area contributed by atoms with Gasteiger partial charge in [0.1, 0.15) is 0 Å². The van der Waals surface area contributed by atoms with Crippen LogP contribution in [0.15, 0.2) is 42.5 Å². The maximum absolute atomic E-state index is 11.0. The molecule has 2 aromatic rings. The lowest BCUT2D eigenvalue weighted by Crippen LogP contribution is -2.22. The molecule has 2 rings (SSSR count). The SMILES string of the molecule is COc1ccc(CC(C)CNCc2cccc(C(=O)O)c2)cc1OC. The molecule has 0 aliphatic rings. The van der Waals surface area contributed by atoms with E-state index < -0.39 is 5.97 Å². The van der Waals surface area contributed by atoms with E-state index in [1.807, 2.05) is 24.3 Å². The normalized spacial score (nSPS) is 11.8. The number of carboxylic acids is 1. The zero-order chi connectivity index (χ0) is 18.2. The van der Waals surface area contributed by atoms with Crippen LogP contribution < -0.4 is 14.8 Å². The number of benzene rings is 2. The van der Waals surface area contributed by atoms with Crippen molar-refractivity contribution in [3.8, 4) is 11.5 Å². The Bertz CT molecular complexity index is 715. The highest BCUT2D eigenvalue weighted by molar-refractivity contribution is 5.87. The summed E-state index contributed by atoms with van der Waals surface area (Å²) >= 11 is 0. The Morgan fingerprint density at radius 2 is 1.84 bits per heavy atom. The third-order valence-corrected chi connectivity index (χ3v) is 4.03. The molecule has 2 aromatic carbocycles. The molecular formula is C20H25NO4. The lowest BCUT2D eigenvalue weighted by atomic mass is 10.0. The minimum atomic E-state index is -0.899. The second-order valence-electron chi connectivity index (χ2n) is 6.14. The molecule has 1 unspecified atom stereocenters. The van der Waals surface area contributed by atoms with Gasteiger partial charge < -0.3 is 19.9 Å². The van der Waals surface area contributed by atoms with Gasteiger partial charge in [-0.3, -0.25) is 0 Å². The van der Waals surface area contributed by atoms with Crippen molar-refractivity contribution in [3.05, 3.63) is 59.2 Å². The lowest BCUT2D eigenvalue weighted by molar-refractivity contribution is 0.0696. The second-order valence-corrected chi connectivity index (χ2v) is 6.14. The maximum Gasteiger partial charge on any atom is 0.335 e. The number of aromatic carboxylic acids is 1. The van der Waals surface area contributed by atoms with Crippen LogP contribution in [0.2, 0.25) is 0 Å². The molecule has 0 heterocycles. The first-order valence-electron chi connectivity index (χ1n) is 8.27. The number of methoxy groups -OCH3 is 2. The Labute approximate surface area is 148 Å². The van der Waals surface area contributed by atoms with Crippen LogP contribution in [-0.2, 0) is 13.0 Å². The third-order valence-electron chi connectivity index (χ3n) is 4.03. The summed E-state index contributed by atoms with van der Waals surface area (Å²) in [5.41, 5.74) is 2.48. The van der Waals surface area contributed by atoms with Crippen LogP contribution >= 0.6 is 0 Å². The maximum atomic E-state index is 11.0. The van der Waals surface area contributed by atoms with Gasteiger partial charge in [0.2, 0.25) is 0 Å². The fraction of sp³-hybridized carbons (Fsp3) is 0.350. The zero-order valence-electron chi connectivity index (χ0n) is 14.9. The van der Waals surface area contributed by atoms with E-state index in [1.54, 1.807) is 32.4 Å². The van der Waals surface area contributed by atoms with Crippen molar-refractivity contribution >= 4 is 5.97 Å². The van der Waals surface area contributed by atoms with Gasteiger partial charge in [-0.1, -0.05) is 25.1 Å². The predicted molar refractivity (Wildman–Crippen MR) is 97.5 cm³/mol. The molecule has 134 valence electrons. The second kappa shape index (κ2) is 9.08. The number of carboxylic acid groups (broad SMARTS) is 1. The summed E-state index contributed by atoms with van der Waals surface area (Å²) in [4.78, 5) is 11.0. The summed E-state index contributed by atoms with van der Waals surface area (Å²) in [7, 11) is 3.27. The average Bonchev–Trinajstić information content (AvgIpc) is 2.61. The number of carbonyl (C=O) groups is 1. The number of ether oxygens (including phenoxy) is 2. The van der Waals surface area contributed by atoms with Crippen molar-refractivity contribution in [2.24, 2.45) is 5.92 Å². The monoisotopic (exact) mass is 343 g/mol. The van der Waals surface area contributed by atoms with Crippen molar-refractivity contribution < 1.29 is 19.4 Å². The molecule has 0 radical (unpaired) electrons. The van der Waals surface area contributed by atoms with Crippen LogP contribution in [0.1, 0.15) is 28.4 Å². The predicted octanol–water partition coefficient (Wildman–Crippen LogP) is 3.37. The van der Waals surface area contributed by atoms with Crippen LogP contribution in [0.3, 0.4) is 0 Å². The van der Waals surface area contributed by atoms with Crippen LogP contribution in [0.4, 0.5) is 0 Å². The molecule has 0 saturated heterocycles. The summed E-state index contributed by atoms with van der Waals surface area (Å²) in [6, 6.07) is 13.0. The fourth-order valence-electron chi connectivity index (χ4n) is 2.76. The molecule has 0 amide bonds. The zero-order valence-corrected chi connectivity index (χ0v) is 14.9. The Kier molecular flexibility index (Phi) is 6.83. The molecule has 0 bridgehead atoms. The average molecular weight is 343 g/mol. The summed E-state index contributed by atoms with van der Waals surface area (Å²) in [6.07, 6.45) is 0.919. The van der Waals surface area contributed by atoms with E-state index in [0.29, 0.717) is 18.0 Å². The largest absolute Gasteiger partial charge is 0.493 e. The topological polar surface area (TPSA) is 67.8 Å². The van der Waals surface area contributed by atoms with E-state index >= 15 is 0 Å². The molecule has 25 heavy (non-hydrogen) atoms. The van der Waals surface area contributed by atoms with Crippen LogP contribution in [-0.4, -0.2) is 31.8 Å². The fourth-order valence-corrected chi connectivity index (χ4v) is 2.76. The molecule has 0 fully saturated rings. The molecule has 1 atom stereocenters. The van der Waals surface area contributed by atoms with Gasteiger partial charge in [0, 0.05) is 6.54 Å². The van der Waals surface area contributed by atoms with Gasteiger partial charge in [-0.2, -0.15) is 0 Å². The summed E-state index contributed by atoms with van der Waals surface area (Å²) in [6.45, 7) is 3.67. The van der Waals surface area contributed by atoms with Gasteiger partial charge in [0.25, 0.3) is 0 Å². The molecule has 2 N–H and O–H groups in total. The van der Waals surface area contributed by atoms with Crippen LogP contribution in [0, 0.1) is 5.92 Å². The van der Waals surface area contributed by atoms with E-state index in [0.717, 1.165) is 30.0 Å². The van der Waals surface area contributed by atoms with E-state index in [1.165, 1.54) is 5.56 Å². The molecule has 0 aliphatic carbocycles. The first-order valence-corrected chi connectivity index (χ1v) is 8.27. The molecule has 0 saturated carbocycles. The van der Waals surface area contributed by atoms with E-state index in [-0.39, 0.29) is 0 Å². The summed E-state index contributed by atoms with van der Waals surface area (Å²) in [5, 5.41) is 12.4. The highest BCUT2D eigenvalue weighted by Crippen LogP contribution is 2.28. The minimum Gasteiger partial charge on any atom is -0.493 e. The van der Waals surface area contributed by atoms with Crippen molar-refractivity contribution in [1.29, 1.82) is 0 Å². The smallest absolute Gasteiger partial charge is 0.335 e. The standard InChI is InChI=1S/C20H25NO4/c1-14(9-15-7-8-18(24-2)19(11-15)25-3)12-21-13-16-5-4-6-17(10-16)20(22)23/h4-8,10-11,14,21H,9,12-13H2,1-3H3,(H,22,23). The summed E-state index contributed by atoms with van der Waals surface area (Å²) in [5.74, 6) is 1.01. The first kappa shape index (κ1) is 18.8. The van der Waals surface area contributed by atoms with E-state index in [2.05, 4.69) is 12.2 Å². The molecule has 0 aromatic heterocycles. The van der Waals surface area contributed by atoms with Gasteiger partial charge in [-0.25, -0.2) is 4.79 Å². The number of hydrogen-bond donors (Lipinski definition) is 2. The van der Waals surface area contributed by atoms with Crippen LogP contribution in [0.5, 0.6) is 11.5 Å². The van der Waals surface area contributed by atoms with Gasteiger partial charge in [0.15, 0.2) is 11.5 Å². The van der Waals surface area contributed by atoms with Crippen LogP contribution in [0.25, 0.3) is 0 Å². The highest BCUT2D eigenvalue weighted by atomic mass is 16.5. The van der Waals surface area contributed by atoms with Gasteiger partial charge >= 0.3 is 5.97 Å². The number of hydrogen-bond acceptors (Lipinski definition) is 4. The van der Waals surface area contributed by atoms with Crippen molar-refractivity contribution in [2.45, 2.75) is 19.9 Å². The van der Waals surface area contributed by atoms with Crippen molar-refractivity contribution in [1.82, 2.24) is 5.32 Å². The minimum absolute atomic E-state index is 0.317. The summed E-state index contributed by atoms with van der Waals surface area (Å²) < 4.78 is 10.6. The molecule has 5 heteroatoms. The Hall–Kier alpha value is -2.53. The number of nitrogens with one attached hydrogen (secondary N) is 1. The highest BCUT2D eigenvalue weighted by Gasteiger charge is 2.09. The quantitative estimate of drug-likeness (QED) is 0.731.